The molecule has 1 heterocycles. The van der Waals surface area contributed by atoms with E-state index in [0.29, 0.717) is 10.2 Å². The van der Waals surface area contributed by atoms with Gasteiger partial charge in [-0.15, -0.1) is 0 Å². The van der Waals surface area contributed by atoms with Gasteiger partial charge in [-0.1, -0.05) is 59.6 Å². The molecule has 3 aromatic rings. The van der Waals surface area contributed by atoms with Gasteiger partial charge in [0.05, 0.1) is 5.52 Å². The van der Waals surface area contributed by atoms with Crippen molar-refractivity contribution in [3.05, 3.63) is 75.9 Å². The number of nitrogens with zero attached hydrogens (tertiary/aromatic N) is 1. The van der Waals surface area contributed by atoms with Gasteiger partial charge >= 0.3 is 0 Å². The van der Waals surface area contributed by atoms with E-state index in [2.05, 4.69) is 23.2 Å². The summed E-state index contributed by atoms with van der Waals surface area (Å²) in [4.78, 5) is 4.41. The van der Waals surface area contributed by atoms with Crippen LogP contribution in [0.5, 0.6) is 0 Å². The van der Waals surface area contributed by atoms with Crippen molar-refractivity contribution in [1.82, 2.24) is 4.98 Å². The van der Waals surface area contributed by atoms with Gasteiger partial charge in [-0.05, 0) is 29.3 Å². The number of halogens is 2. The van der Waals surface area contributed by atoms with Crippen LogP contribution in [0.3, 0.4) is 0 Å². The first kappa shape index (κ1) is 12.5. The molecule has 1 aromatic heterocycles. The molecule has 0 fully saturated rings. The lowest BCUT2D eigenvalue weighted by molar-refractivity contribution is 1.17. The third-order valence-electron chi connectivity index (χ3n) is 3.04. The molecule has 94 valence electrons. The van der Waals surface area contributed by atoms with E-state index in [0.717, 1.165) is 22.9 Å². The Morgan fingerprint density at radius 2 is 1.68 bits per heavy atom. The zero-order valence-electron chi connectivity index (χ0n) is 10.1. The van der Waals surface area contributed by atoms with Crippen molar-refractivity contribution in [2.24, 2.45) is 0 Å². The Labute approximate surface area is 121 Å². The van der Waals surface area contributed by atoms with E-state index < -0.39 is 0 Å². The van der Waals surface area contributed by atoms with Gasteiger partial charge < -0.3 is 0 Å². The highest BCUT2D eigenvalue weighted by atomic mass is 35.5. The standard InChI is InChI=1S/C16H11Cl2N/c17-14-7-6-12-9-13(16(18)19-15(12)10-14)8-11-4-2-1-3-5-11/h1-7,9-10H,8H2. The summed E-state index contributed by atoms with van der Waals surface area (Å²) in [6.45, 7) is 0. The van der Waals surface area contributed by atoms with Crippen LogP contribution in [0.4, 0.5) is 0 Å². The number of aromatic nitrogens is 1. The largest absolute Gasteiger partial charge is 0.236 e. The van der Waals surface area contributed by atoms with Crippen LogP contribution < -0.4 is 0 Å². The normalized spacial score (nSPS) is 10.8. The van der Waals surface area contributed by atoms with Crippen molar-refractivity contribution < 1.29 is 0 Å². The van der Waals surface area contributed by atoms with Crippen molar-refractivity contribution in [2.75, 3.05) is 0 Å². The molecule has 0 N–H and O–H groups in total. The molecule has 0 aliphatic rings. The molecule has 0 radical (unpaired) electrons. The van der Waals surface area contributed by atoms with Crippen molar-refractivity contribution in [2.45, 2.75) is 6.42 Å². The number of rotatable bonds is 2. The molecule has 19 heavy (non-hydrogen) atoms. The van der Waals surface area contributed by atoms with E-state index in [1.165, 1.54) is 5.56 Å². The highest BCUT2D eigenvalue weighted by Crippen LogP contribution is 2.25. The van der Waals surface area contributed by atoms with Gasteiger partial charge in [-0.3, -0.25) is 0 Å². The van der Waals surface area contributed by atoms with E-state index in [1.807, 2.05) is 36.4 Å². The summed E-state index contributed by atoms with van der Waals surface area (Å²) < 4.78 is 0. The Morgan fingerprint density at radius 3 is 2.47 bits per heavy atom. The Morgan fingerprint density at radius 1 is 0.895 bits per heavy atom. The Kier molecular flexibility index (Phi) is 3.41. The molecular formula is C16H11Cl2N. The lowest BCUT2D eigenvalue weighted by Crippen LogP contribution is -1.92. The highest BCUT2D eigenvalue weighted by molar-refractivity contribution is 6.32. The lowest BCUT2D eigenvalue weighted by atomic mass is 10.0. The van der Waals surface area contributed by atoms with Crippen LogP contribution in [-0.2, 0) is 6.42 Å². The fourth-order valence-corrected chi connectivity index (χ4v) is 2.48. The zero-order chi connectivity index (χ0) is 13.2. The number of hydrogen-bond acceptors (Lipinski definition) is 1. The van der Waals surface area contributed by atoms with Crippen LogP contribution in [0.2, 0.25) is 10.2 Å². The minimum absolute atomic E-state index is 0.540. The minimum Gasteiger partial charge on any atom is -0.236 e. The molecule has 0 spiro atoms. The molecule has 0 unspecified atom stereocenters. The van der Waals surface area contributed by atoms with E-state index in [9.17, 15) is 0 Å². The second-order valence-electron chi connectivity index (χ2n) is 4.44. The van der Waals surface area contributed by atoms with Crippen LogP contribution in [-0.4, -0.2) is 4.98 Å². The number of fused-ring (bicyclic) bond motifs is 1. The molecule has 3 rings (SSSR count). The Hall–Kier alpha value is -1.57. The average molecular weight is 288 g/mol. The molecule has 3 heteroatoms. The molecule has 0 atom stereocenters. The Bertz CT molecular complexity index is 723. The molecule has 1 nitrogen and oxygen atoms in total. The second-order valence-corrected chi connectivity index (χ2v) is 5.23. The number of hydrogen-bond donors (Lipinski definition) is 0. The predicted octanol–water partition coefficient (Wildman–Crippen LogP) is 5.13. The van der Waals surface area contributed by atoms with Gasteiger partial charge in [-0.2, -0.15) is 0 Å². The summed E-state index contributed by atoms with van der Waals surface area (Å²) >= 11 is 12.2. The summed E-state index contributed by atoms with van der Waals surface area (Å²) in [7, 11) is 0. The maximum atomic E-state index is 6.25. The van der Waals surface area contributed by atoms with E-state index in [-0.39, 0.29) is 0 Å². The zero-order valence-corrected chi connectivity index (χ0v) is 11.6. The van der Waals surface area contributed by atoms with Crippen LogP contribution >= 0.6 is 23.2 Å². The van der Waals surface area contributed by atoms with Gasteiger partial charge in [0.2, 0.25) is 0 Å². The predicted molar refractivity (Wildman–Crippen MR) is 81.0 cm³/mol. The average Bonchev–Trinajstić information content (AvgIpc) is 2.41. The van der Waals surface area contributed by atoms with E-state index in [1.54, 1.807) is 0 Å². The topological polar surface area (TPSA) is 12.9 Å². The second kappa shape index (κ2) is 5.20. The van der Waals surface area contributed by atoms with Crippen molar-refractivity contribution >= 4 is 34.1 Å². The SMILES string of the molecule is Clc1ccc2cc(Cc3ccccc3)c(Cl)nc2c1. The molecule has 0 saturated carbocycles. The Balaban J connectivity index is 2.04. The van der Waals surface area contributed by atoms with Crippen molar-refractivity contribution in [3.8, 4) is 0 Å². The van der Waals surface area contributed by atoms with Gasteiger partial charge in [-0.25, -0.2) is 4.98 Å². The molecule has 0 bridgehead atoms. The number of pyridine rings is 1. The van der Waals surface area contributed by atoms with Crippen molar-refractivity contribution in [3.63, 3.8) is 0 Å². The molecule has 0 saturated heterocycles. The van der Waals surface area contributed by atoms with Crippen molar-refractivity contribution in [1.29, 1.82) is 0 Å². The summed E-state index contributed by atoms with van der Waals surface area (Å²) in [6, 6.07) is 18.0. The summed E-state index contributed by atoms with van der Waals surface area (Å²) in [5, 5.41) is 2.27. The van der Waals surface area contributed by atoms with Crippen LogP contribution in [0.25, 0.3) is 10.9 Å². The van der Waals surface area contributed by atoms with Gasteiger partial charge in [0.1, 0.15) is 5.15 Å². The first-order valence-electron chi connectivity index (χ1n) is 6.01. The highest BCUT2D eigenvalue weighted by Gasteiger charge is 2.06. The first-order valence-corrected chi connectivity index (χ1v) is 6.76. The van der Waals surface area contributed by atoms with Gasteiger partial charge in [0.15, 0.2) is 0 Å². The maximum Gasteiger partial charge on any atom is 0.133 e. The van der Waals surface area contributed by atoms with E-state index >= 15 is 0 Å². The monoisotopic (exact) mass is 287 g/mol. The number of benzene rings is 2. The minimum atomic E-state index is 0.540. The summed E-state index contributed by atoms with van der Waals surface area (Å²) in [6.07, 6.45) is 0.783. The molecule has 2 aromatic carbocycles. The lowest BCUT2D eigenvalue weighted by Gasteiger charge is -2.06. The maximum absolute atomic E-state index is 6.25. The summed E-state index contributed by atoms with van der Waals surface area (Å²) in [5.41, 5.74) is 3.08. The van der Waals surface area contributed by atoms with Gasteiger partial charge in [0, 0.05) is 16.8 Å². The van der Waals surface area contributed by atoms with Crippen LogP contribution in [0.1, 0.15) is 11.1 Å². The van der Waals surface area contributed by atoms with Crippen LogP contribution in [0, 0.1) is 0 Å². The quantitative estimate of drug-likeness (QED) is 0.595. The summed E-state index contributed by atoms with van der Waals surface area (Å²) in [5.74, 6) is 0. The molecule has 0 aliphatic carbocycles. The molecular weight excluding hydrogens is 277 g/mol. The van der Waals surface area contributed by atoms with E-state index in [4.69, 9.17) is 23.2 Å². The fourth-order valence-electron chi connectivity index (χ4n) is 2.10. The molecule has 0 amide bonds. The van der Waals surface area contributed by atoms with Crippen LogP contribution in [0.15, 0.2) is 54.6 Å². The molecule has 0 aliphatic heterocycles. The first-order chi connectivity index (χ1) is 9.22. The smallest absolute Gasteiger partial charge is 0.133 e. The third-order valence-corrected chi connectivity index (χ3v) is 3.61. The third kappa shape index (κ3) is 2.73. The van der Waals surface area contributed by atoms with Gasteiger partial charge in [0.25, 0.3) is 0 Å². The fraction of sp³-hybridized carbons (Fsp3) is 0.0625.